The van der Waals surface area contributed by atoms with E-state index in [1.807, 2.05) is 12.1 Å². The predicted octanol–water partition coefficient (Wildman–Crippen LogP) is 1.23. The molecule has 2 N–H and O–H groups in total. The lowest BCUT2D eigenvalue weighted by Crippen LogP contribution is -2.33. The van der Waals surface area contributed by atoms with Crippen LogP contribution in [0.5, 0.6) is 11.5 Å². The van der Waals surface area contributed by atoms with E-state index in [0.717, 1.165) is 0 Å². The van der Waals surface area contributed by atoms with Crippen LogP contribution in [0.15, 0.2) is 24.3 Å². The number of thiocarbonyl (C=S) groups is 1. The van der Waals surface area contributed by atoms with Gasteiger partial charge in [0.2, 0.25) is 0 Å². The minimum atomic E-state index is -2.90. The van der Waals surface area contributed by atoms with Gasteiger partial charge in [-0.2, -0.15) is 0 Å². The summed E-state index contributed by atoms with van der Waals surface area (Å²) in [5.41, 5.74) is 0. The minimum absolute atomic E-state index is 0.0546. The standard InChI is InChI=1S/C15H21NO5S3/c17-6-7-20-13-3-1-2-4-14(13)21-8-9-23-15(22)16-12-5-10-24(18,19)11-12/h1-4,12,17H,5-11H2,(H,16,22). The van der Waals surface area contributed by atoms with Crippen LogP contribution in [0.4, 0.5) is 0 Å². The lowest BCUT2D eigenvalue weighted by atomic mass is 10.3. The first-order chi connectivity index (χ1) is 11.5. The summed E-state index contributed by atoms with van der Waals surface area (Å²) in [6, 6.07) is 7.19. The van der Waals surface area contributed by atoms with E-state index in [0.29, 0.717) is 34.6 Å². The van der Waals surface area contributed by atoms with Crippen molar-refractivity contribution in [3.05, 3.63) is 24.3 Å². The second-order valence-electron chi connectivity index (χ2n) is 5.25. The number of benzene rings is 1. The molecule has 0 aliphatic carbocycles. The van der Waals surface area contributed by atoms with Crippen LogP contribution in [-0.4, -0.2) is 61.0 Å². The normalized spacial score (nSPS) is 19.0. The van der Waals surface area contributed by atoms with Gasteiger partial charge in [0.25, 0.3) is 0 Å². The smallest absolute Gasteiger partial charge is 0.161 e. The average Bonchev–Trinajstić information content (AvgIpc) is 2.89. The van der Waals surface area contributed by atoms with Gasteiger partial charge in [0, 0.05) is 11.8 Å². The van der Waals surface area contributed by atoms with Crippen LogP contribution in [0, 0.1) is 0 Å². The van der Waals surface area contributed by atoms with E-state index in [1.54, 1.807) is 12.1 Å². The highest BCUT2D eigenvalue weighted by atomic mass is 32.2. The number of aliphatic hydroxyl groups is 1. The Kier molecular flexibility index (Phi) is 7.60. The molecule has 0 radical (unpaired) electrons. The molecular formula is C15H21NO5S3. The maximum Gasteiger partial charge on any atom is 0.161 e. The third-order valence-electron chi connectivity index (χ3n) is 3.33. The molecule has 1 heterocycles. The molecule has 1 aromatic rings. The lowest BCUT2D eigenvalue weighted by Gasteiger charge is -2.14. The SMILES string of the molecule is O=S1(=O)CCC(NC(=S)SCCOc2ccccc2OCCO)C1. The molecule has 1 saturated heterocycles. The number of para-hydroxylation sites is 2. The van der Waals surface area contributed by atoms with E-state index >= 15 is 0 Å². The van der Waals surface area contributed by atoms with Gasteiger partial charge in [-0.1, -0.05) is 36.1 Å². The van der Waals surface area contributed by atoms with Crippen molar-refractivity contribution >= 4 is 38.1 Å². The summed E-state index contributed by atoms with van der Waals surface area (Å²) in [7, 11) is -2.90. The van der Waals surface area contributed by atoms with Gasteiger partial charge in [0.1, 0.15) is 10.9 Å². The number of rotatable bonds is 8. The zero-order chi connectivity index (χ0) is 17.4. The predicted molar refractivity (Wildman–Crippen MR) is 99.8 cm³/mol. The van der Waals surface area contributed by atoms with Crippen molar-refractivity contribution in [2.75, 3.05) is 37.1 Å². The lowest BCUT2D eigenvalue weighted by molar-refractivity contribution is 0.194. The van der Waals surface area contributed by atoms with Crippen LogP contribution in [0.25, 0.3) is 0 Å². The van der Waals surface area contributed by atoms with Crippen molar-refractivity contribution in [1.29, 1.82) is 0 Å². The molecule has 9 heteroatoms. The quantitative estimate of drug-likeness (QED) is 0.506. The number of ether oxygens (including phenoxy) is 2. The van der Waals surface area contributed by atoms with Crippen molar-refractivity contribution in [1.82, 2.24) is 5.32 Å². The summed E-state index contributed by atoms with van der Waals surface area (Å²) in [5.74, 6) is 2.23. The van der Waals surface area contributed by atoms with Crippen LogP contribution in [0.2, 0.25) is 0 Å². The maximum absolute atomic E-state index is 11.4. The Morgan fingerprint density at radius 3 is 2.54 bits per heavy atom. The van der Waals surface area contributed by atoms with Gasteiger partial charge in [-0.05, 0) is 18.6 Å². The molecule has 1 fully saturated rings. The van der Waals surface area contributed by atoms with E-state index in [2.05, 4.69) is 5.32 Å². The Morgan fingerprint density at radius 2 is 1.96 bits per heavy atom. The summed E-state index contributed by atoms with van der Waals surface area (Å²) >= 11 is 6.65. The molecule has 1 aromatic carbocycles. The van der Waals surface area contributed by atoms with Crippen LogP contribution in [0.1, 0.15) is 6.42 Å². The Morgan fingerprint density at radius 1 is 1.29 bits per heavy atom. The van der Waals surface area contributed by atoms with Crippen LogP contribution in [-0.2, 0) is 9.84 Å². The van der Waals surface area contributed by atoms with Crippen LogP contribution in [0.3, 0.4) is 0 Å². The molecule has 0 bridgehead atoms. The molecule has 1 atom stereocenters. The van der Waals surface area contributed by atoms with Crippen molar-refractivity contribution < 1.29 is 23.0 Å². The Bertz CT molecular complexity index is 650. The van der Waals surface area contributed by atoms with Crippen LogP contribution < -0.4 is 14.8 Å². The molecule has 1 aliphatic rings. The molecule has 6 nitrogen and oxygen atoms in total. The highest BCUT2D eigenvalue weighted by molar-refractivity contribution is 8.23. The Balaban J connectivity index is 1.68. The van der Waals surface area contributed by atoms with Crippen molar-refractivity contribution in [2.45, 2.75) is 12.5 Å². The Hall–Kier alpha value is -1.03. The molecule has 0 amide bonds. The molecule has 0 spiro atoms. The van der Waals surface area contributed by atoms with Gasteiger partial charge in [-0.25, -0.2) is 8.42 Å². The molecular weight excluding hydrogens is 370 g/mol. The monoisotopic (exact) mass is 391 g/mol. The molecule has 1 aliphatic heterocycles. The maximum atomic E-state index is 11.4. The van der Waals surface area contributed by atoms with E-state index in [-0.39, 0.29) is 30.8 Å². The Labute approximate surface area is 151 Å². The van der Waals surface area contributed by atoms with E-state index in [1.165, 1.54) is 11.8 Å². The zero-order valence-electron chi connectivity index (χ0n) is 13.1. The summed E-state index contributed by atoms with van der Waals surface area (Å²) in [4.78, 5) is 0. The number of hydrogen-bond donors (Lipinski definition) is 2. The second-order valence-corrected chi connectivity index (χ2v) is 9.25. The van der Waals surface area contributed by atoms with Gasteiger partial charge in [-0.3, -0.25) is 0 Å². The number of sulfone groups is 1. The fraction of sp³-hybridized carbons (Fsp3) is 0.533. The topological polar surface area (TPSA) is 84.9 Å². The van der Waals surface area contributed by atoms with Gasteiger partial charge < -0.3 is 19.9 Å². The highest BCUT2D eigenvalue weighted by Gasteiger charge is 2.28. The first-order valence-electron chi connectivity index (χ1n) is 7.59. The largest absolute Gasteiger partial charge is 0.489 e. The number of nitrogens with one attached hydrogen (secondary N) is 1. The van der Waals surface area contributed by atoms with E-state index < -0.39 is 9.84 Å². The molecule has 0 saturated carbocycles. The number of aliphatic hydroxyl groups excluding tert-OH is 1. The van der Waals surface area contributed by atoms with Crippen molar-refractivity contribution in [3.8, 4) is 11.5 Å². The average molecular weight is 392 g/mol. The molecule has 1 unspecified atom stereocenters. The number of thioether (sulfide) groups is 1. The minimum Gasteiger partial charge on any atom is -0.489 e. The zero-order valence-corrected chi connectivity index (χ0v) is 15.6. The molecule has 24 heavy (non-hydrogen) atoms. The van der Waals surface area contributed by atoms with Gasteiger partial charge in [-0.15, -0.1) is 0 Å². The number of hydrogen-bond acceptors (Lipinski definition) is 7. The van der Waals surface area contributed by atoms with E-state index in [9.17, 15) is 8.42 Å². The van der Waals surface area contributed by atoms with Crippen molar-refractivity contribution in [3.63, 3.8) is 0 Å². The first kappa shape index (κ1) is 19.3. The molecule has 134 valence electrons. The van der Waals surface area contributed by atoms with Crippen LogP contribution >= 0.6 is 24.0 Å². The second kappa shape index (κ2) is 9.45. The van der Waals surface area contributed by atoms with Gasteiger partial charge >= 0.3 is 0 Å². The fourth-order valence-electron chi connectivity index (χ4n) is 2.25. The van der Waals surface area contributed by atoms with Gasteiger partial charge in [0.05, 0.1) is 24.7 Å². The third-order valence-corrected chi connectivity index (χ3v) is 6.32. The summed E-state index contributed by atoms with van der Waals surface area (Å²) in [6.07, 6.45) is 0.606. The third kappa shape index (κ3) is 6.46. The fourth-order valence-corrected chi connectivity index (χ4v) is 4.94. The van der Waals surface area contributed by atoms with Gasteiger partial charge in [0.15, 0.2) is 21.3 Å². The summed E-state index contributed by atoms with van der Waals surface area (Å²) in [6.45, 7) is 0.601. The summed E-state index contributed by atoms with van der Waals surface area (Å²) in [5, 5.41) is 11.9. The summed E-state index contributed by atoms with van der Waals surface area (Å²) < 4.78 is 34.5. The molecule has 0 aromatic heterocycles. The molecule has 2 rings (SSSR count). The first-order valence-corrected chi connectivity index (χ1v) is 10.8. The highest BCUT2D eigenvalue weighted by Crippen LogP contribution is 2.26. The van der Waals surface area contributed by atoms with Crippen molar-refractivity contribution in [2.24, 2.45) is 0 Å². The van der Waals surface area contributed by atoms with E-state index in [4.69, 9.17) is 26.8 Å².